The first-order valence-electron chi connectivity index (χ1n) is 5.56. The third-order valence-electron chi connectivity index (χ3n) is 2.88. The largest absolute Gasteiger partial charge is 0.423 e. The molecule has 7 nitrogen and oxygen atoms in total. The average molecular weight is 303 g/mol. The van der Waals surface area contributed by atoms with Crippen LogP contribution in [0.25, 0.3) is 0 Å². The predicted molar refractivity (Wildman–Crippen MR) is 63.6 cm³/mol. The number of anilines is 1. The van der Waals surface area contributed by atoms with Crippen molar-refractivity contribution in [2.75, 3.05) is 18.5 Å². The van der Waals surface area contributed by atoms with E-state index in [9.17, 15) is 32.9 Å². The molecule has 1 heterocycles. The zero-order chi connectivity index (χ0) is 15.9. The van der Waals surface area contributed by atoms with Crippen LogP contribution in [0.4, 0.5) is 29.3 Å². The summed E-state index contributed by atoms with van der Waals surface area (Å²) < 4.78 is 38.5. The molecular weight excluding hydrogens is 295 g/mol. The van der Waals surface area contributed by atoms with Crippen LogP contribution in [-0.4, -0.2) is 35.4 Å². The van der Waals surface area contributed by atoms with Crippen LogP contribution < -0.4 is 4.90 Å². The maximum absolute atomic E-state index is 12.8. The van der Waals surface area contributed by atoms with E-state index < -0.39 is 34.3 Å². The van der Waals surface area contributed by atoms with Crippen molar-refractivity contribution < 1.29 is 27.7 Å². The second-order valence-electron chi connectivity index (χ2n) is 4.32. The Hall–Kier alpha value is -2.65. The van der Waals surface area contributed by atoms with Gasteiger partial charge in [-0.3, -0.25) is 14.9 Å². The Morgan fingerprint density at radius 3 is 2.33 bits per heavy atom. The number of halogens is 3. The van der Waals surface area contributed by atoms with Crippen molar-refractivity contribution in [1.82, 2.24) is 4.90 Å². The van der Waals surface area contributed by atoms with E-state index in [1.165, 1.54) is 7.05 Å². The van der Waals surface area contributed by atoms with Crippen LogP contribution in [0, 0.1) is 10.1 Å². The molecule has 1 fully saturated rings. The van der Waals surface area contributed by atoms with E-state index in [1.54, 1.807) is 0 Å². The van der Waals surface area contributed by atoms with Crippen molar-refractivity contribution in [2.45, 2.75) is 6.18 Å². The lowest BCUT2D eigenvalue weighted by Crippen LogP contribution is -2.31. The van der Waals surface area contributed by atoms with Crippen molar-refractivity contribution in [2.24, 2.45) is 0 Å². The molecule has 21 heavy (non-hydrogen) atoms. The molecule has 1 aromatic carbocycles. The number of hydrogen-bond donors (Lipinski definition) is 0. The molecule has 1 saturated heterocycles. The molecular formula is C11H8F3N3O4. The summed E-state index contributed by atoms with van der Waals surface area (Å²) in [6, 6.07) is 1.19. The molecule has 0 spiro atoms. The molecule has 0 radical (unpaired) electrons. The van der Waals surface area contributed by atoms with Crippen molar-refractivity contribution in [3.8, 4) is 0 Å². The number of nitro benzene ring substituents is 1. The van der Waals surface area contributed by atoms with Gasteiger partial charge in [0.25, 0.3) is 11.6 Å². The lowest BCUT2D eigenvalue weighted by molar-refractivity contribution is -0.388. The third kappa shape index (κ3) is 2.51. The van der Waals surface area contributed by atoms with Crippen LogP contribution in [0.2, 0.25) is 0 Å². The number of amides is 3. The summed E-state index contributed by atoms with van der Waals surface area (Å²) in [5.41, 5.74) is -3.01. The zero-order valence-corrected chi connectivity index (χ0v) is 10.5. The van der Waals surface area contributed by atoms with Gasteiger partial charge in [0.2, 0.25) is 0 Å². The molecule has 0 bridgehead atoms. The summed E-state index contributed by atoms with van der Waals surface area (Å²) >= 11 is 0. The highest BCUT2D eigenvalue weighted by Crippen LogP contribution is 2.38. The van der Waals surface area contributed by atoms with Crippen molar-refractivity contribution in [1.29, 1.82) is 0 Å². The first-order valence-corrected chi connectivity index (χ1v) is 5.56. The molecule has 0 N–H and O–H groups in total. The number of urea groups is 1. The number of rotatable bonds is 2. The Bertz CT molecular complexity index is 644. The Morgan fingerprint density at radius 1 is 1.29 bits per heavy atom. The molecule has 10 heteroatoms. The van der Waals surface area contributed by atoms with Crippen molar-refractivity contribution in [3.63, 3.8) is 0 Å². The average Bonchev–Trinajstić information content (AvgIpc) is 2.61. The molecule has 1 aliphatic heterocycles. The number of carbonyl (C=O) groups excluding carboxylic acids is 2. The van der Waals surface area contributed by atoms with Gasteiger partial charge < -0.3 is 4.90 Å². The van der Waals surface area contributed by atoms with Gasteiger partial charge in [-0.15, -0.1) is 0 Å². The summed E-state index contributed by atoms with van der Waals surface area (Å²) in [7, 11) is 1.32. The molecule has 0 aliphatic carbocycles. The molecule has 2 rings (SSSR count). The van der Waals surface area contributed by atoms with E-state index in [0.717, 1.165) is 11.0 Å². The Balaban J connectivity index is 2.55. The van der Waals surface area contributed by atoms with Crippen LogP contribution >= 0.6 is 0 Å². The highest BCUT2D eigenvalue weighted by atomic mass is 19.4. The number of nitro groups is 1. The van der Waals surface area contributed by atoms with Gasteiger partial charge in [0.1, 0.15) is 12.1 Å². The minimum atomic E-state index is -4.98. The number of imide groups is 1. The Labute approximate surface area is 115 Å². The normalized spacial score (nSPS) is 15.8. The Morgan fingerprint density at radius 2 is 1.90 bits per heavy atom. The van der Waals surface area contributed by atoms with E-state index in [-0.39, 0.29) is 12.2 Å². The van der Waals surface area contributed by atoms with Crippen molar-refractivity contribution in [3.05, 3.63) is 33.9 Å². The molecule has 0 saturated carbocycles. The smallest absolute Gasteiger partial charge is 0.318 e. The first kappa shape index (κ1) is 14.8. The first-order chi connectivity index (χ1) is 9.62. The fourth-order valence-electron chi connectivity index (χ4n) is 1.92. The van der Waals surface area contributed by atoms with E-state index in [2.05, 4.69) is 0 Å². The van der Waals surface area contributed by atoms with Gasteiger partial charge in [0.15, 0.2) is 0 Å². The number of carbonyl (C=O) groups is 2. The Kier molecular flexibility index (Phi) is 3.32. The lowest BCUT2D eigenvalue weighted by Gasteiger charge is -2.16. The van der Waals surface area contributed by atoms with Gasteiger partial charge >= 0.3 is 12.2 Å². The summed E-state index contributed by atoms with van der Waals surface area (Å²) in [5, 5.41) is 10.6. The van der Waals surface area contributed by atoms with Gasteiger partial charge in [-0.25, -0.2) is 9.69 Å². The summed E-state index contributed by atoms with van der Waals surface area (Å²) in [6.07, 6.45) is -4.98. The summed E-state index contributed by atoms with van der Waals surface area (Å²) in [5.74, 6) is -0.704. The highest BCUT2D eigenvalue weighted by molar-refractivity contribution is 6.19. The monoisotopic (exact) mass is 303 g/mol. The maximum Gasteiger partial charge on any atom is 0.423 e. The zero-order valence-electron chi connectivity index (χ0n) is 10.5. The molecule has 1 aliphatic rings. The minimum absolute atomic E-state index is 0.267. The van der Waals surface area contributed by atoms with Crippen molar-refractivity contribution >= 4 is 23.3 Å². The number of benzene rings is 1. The topological polar surface area (TPSA) is 83.8 Å². The van der Waals surface area contributed by atoms with Crippen LogP contribution in [-0.2, 0) is 11.0 Å². The van der Waals surface area contributed by atoms with E-state index >= 15 is 0 Å². The van der Waals surface area contributed by atoms with Gasteiger partial charge in [-0.1, -0.05) is 0 Å². The van der Waals surface area contributed by atoms with Gasteiger partial charge in [0, 0.05) is 13.1 Å². The molecule has 112 valence electrons. The minimum Gasteiger partial charge on any atom is -0.318 e. The number of likely N-dealkylation sites (N-methyl/N-ethyl adjacent to an activating group) is 1. The second kappa shape index (κ2) is 4.72. The standard InChI is InChI=1S/C11H8F3N3O4/c1-15-5-9(18)16(10(15)19)6-2-3-8(17(20)21)7(4-6)11(12,13)14/h2-4H,5H2,1H3. The molecule has 3 amide bonds. The summed E-state index contributed by atoms with van der Waals surface area (Å²) in [4.78, 5) is 34.4. The van der Waals surface area contributed by atoms with Crippen LogP contribution in [0.5, 0.6) is 0 Å². The van der Waals surface area contributed by atoms with Crippen LogP contribution in [0.1, 0.15) is 5.56 Å². The van der Waals surface area contributed by atoms with Gasteiger partial charge in [0.05, 0.1) is 10.6 Å². The molecule has 1 aromatic rings. The lowest BCUT2D eigenvalue weighted by atomic mass is 10.1. The SMILES string of the molecule is CN1CC(=O)N(c2ccc([N+](=O)[O-])c(C(F)(F)F)c2)C1=O. The second-order valence-corrected chi connectivity index (χ2v) is 4.32. The van der Waals surface area contributed by atoms with E-state index in [0.29, 0.717) is 17.0 Å². The number of nitrogens with zero attached hydrogens (tertiary/aromatic N) is 3. The quantitative estimate of drug-likeness (QED) is 0.475. The number of hydrogen-bond acceptors (Lipinski definition) is 4. The van der Waals surface area contributed by atoms with Crippen LogP contribution in [0.3, 0.4) is 0 Å². The van der Waals surface area contributed by atoms with Crippen LogP contribution in [0.15, 0.2) is 18.2 Å². The molecule has 0 atom stereocenters. The van der Waals surface area contributed by atoms with E-state index in [1.807, 2.05) is 0 Å². The molecule has 0 unspecified atom stereocenters. The van der Waals surface area contributed by atoms with E-state index in [4.69, 9.17) is 0 Å². The van der Waals surface area contributed by atoms with Gasteiger partial charge in [-0.05, 0) is 12.1 Å². The highest BCUT2D eigenvalue weighted by Gasteiger charge is 2.41. The fraction of sp³-hybridized carbons (Fsp3) is 0.273. The molecule has 0 aromatic heterocycles. The predicted octanol–water partition coefficient (Wildman–Crippen LogP) is 2.01. The van der Waals surface area contributed by atoms with Gasteiger partial charge in [-0.2, -0.15) is 13.2 Å². The fourth-order valence-corrected chi connectivity index (χ4v) is 1.92. The summed E-state index contributed by atoms with van der Waals surface area (Å²) in [6.45, 7) is -0.267. The maximum atomic E-state index is 12.8. The number of alkyl halides is 3. The third-order valence-corrected chi connectivity index (χ3v) is 2.88.